The van der Waals surface area contributed by atoms with Crippen molar-refractivity contribution in [2.45, 2.75) is 25.9 Å². The van der Waals surface area contributed by atoms with Crippen LogP contribution in [0.25, 0.3) is 0 Å². The highest BCUT2D eigenvalue weighted by atomic mass is 19.1. The fourth-order valence-electron chi connectivity index (χ4n) is 1.66. The lowest BCUT2D eigenvalue weighted by molar-refractivity contribution is -0.387. The summed E-state index contributed by atoms with van der Waals surface area (Å²) in [7, 11) is 0. The van der Waals surface area contributed by atoms with Crippen molar-refractivity contribution in [3.8, 4) is 0 Å². The van der Waals surface area contributed by atoms with E-state index in [0.717, 1.165) is 18.4 Å². The molecule has 1 saturated carbocycles. The molecule has 92 valence electrons. The van der Waals surface area contributed by atoms with E-state index in [1.165, 1.54) is 25.0 Å². The summed E-state index contributed by atoms with van der Waals surface area (Å²) in [6, 6.07) is 4.14. The first-order chi connectivity index (χ1) is 8.18. The third kappa shape index (κ3) is 3.23. The first-order valence-electron chi connectivity index (χ1n) is 5.68. The fraction of sp³-hybridized carbons (Fsp3) is 0.500. The molecular formula is C12H14FNO3. The van der Waals surface area contributed by atoms with Crippen molar-refractivity contribution in [2.24, 2.45) is 5.92 Å². The second kappa shape index (κ2) is 5.23. The van der Waals surface area contributed by atoms with E-state index in [4.69, 9.17) is 4.74 Å². The second-order valence-electron chi connectivity index (χ2n) is 4.29. The van der Waals surface area contributed by atoms with Gasteiger partial charge in [-0.1, -0.05) is 25.0 Å². The number of nitrogens with zero attached hydrogens (tertiary/aromatic N) is 1. The predicted molar refractivity (Wildman–Crippen MR) is 60.1 cm³/mol. The average Bonchev–Trinajstić information content (AvgIpc) is 3.10. The average molecular weight is 239 g/mol. The van der Waals surface area contributed by atoms with E-state index in [9.17, 15) is 14.5 Å². The topological polar surface area (TPSA) is 52.4 Å². The molecule has 0 aromatic heterocycles. The molecule has 1 fully saturated rings. The molecule has 0 unspecified atom stereocenters. The van der Waals surface area contributed by atoms with E-state index in [1.807, 2.05) is 0 Å². The molecule has 0 amide bonds. The second-order valence-corrected chi connectivity index (χ2v) is 4.29. The van der Waals surface area contributed by atoms with Gasteiger partial charge in [-0.25, -0.2) is 0 Å². The number of benzene rings is 1. The van der Waals surface area contributed by atoms with Gasteiger partial charge >= 0.3 is 5.69 Å². The molecule has 0 bridgehead atoms. The van der Waals surface area contributed by atoms with Crippen LogP contribution in [0.5, 0.6) is 0 Å². The summed E-state index contributed by atoms with van der Waals surface area (Å²) in [5.41, 5.74) is -0.247. The normalized spacial score (nSPS) is 14.9. The highest BCUT2D eigenvalue weighted by Crippen LogP contribution is 2.32. The van der Waals surface area contributed by atoms with Crippen molar-refractivity contribution in [1.82, 2.24) is 0 Å². The van der Waals surface area contributed by atoms with E-state index < -0.39 is 16.4 Å². The number of ether oxygens (including phenoxy) is 1. The summed E-state index contributed by atoms with van der Waals surface area (Å²) in [5.74, 6) is -0.0196. The number of rotatable bonds is 6. The summed E-state index contributed by atoms with van der Waals surface area (Å²) in [4.78, 5) is 9.81. The van der Waals surface area contributed by atoms with E-state index in [1.54, 1.807) is 0 Å². The molecule has 0 radical (unpaired) electrons. The van der Waals surface area contributed by atoms with Gasteiger partial charge in [-0.3, -0.25) is 10.1 Å². The molecule has 1 aliphatic rings. The number of hydrogen-bond acceptors (Lipinski definition) is 3. The lowest BCUT2D eigenvalue weighted by Gasteiger charge is -2.05. The van der Waals surface area contributed by atoms with Crippen LogP contribution in [0.3, 0.4) is 0 Å². The summed E-state index contributed by atoms with van der Waals surface area (Å²) in [6.45, 7) is 0.688. The van der Waals surface area contributed by atoms with E-state index in [0.29, 0.717) is 6.61 Å². The van der Waals surface area contributed by atoms with Gasteiger partial charge in [-0.15, -0.1) is 0 Å². The fourth-order valence-corrected chi connectivity index (χ4v) is 1.66. The van der Waals surface area contributed by atoms with Gasteiger partial charge < -0.3 is 4.74 Å². The van der Waals surface area contributed by atoms with Crippen molar-refractivity contribution in [3.63, 3.8) is 0 Å². The molecule has 1 aromatic carbocycles. The number of halogens is 1. The van der Waals surface area contributed by atoms with Crippen molar-refractivity contribution in [1.29, 1.82) is 0 Å². The van der Waals surface area contributed by atoms with Gasteiger partial charge in [0, 0.05) is 18.2 Å². The van der Waals surface area contributed by atoms with Crippen LogP contribution in [0.2, 0.25) is 0 Å². The highest BCUT2D eigenvalue weighted by molar-refractivity contribution is 5.36. The Bertz CT molecular complexity index is 418. The molecule has 2 rings (SSSR count). The predicted octanol–water partition coefficient (Wildman–Crippen LogP) is 3.05. The van der Waals surface area contributed by atoms with Crippen molar-refractivity contribution in [3.05, 3.63) is 39.7 Å². The molecule has 4 nitrogen and oxygen atoms in total. The monoisotopic (exact) mass is 239 g/mol. The maximum atomic E-state index is 13.6. The standard InChI is InChI=1S/C12H14FNO3/c13-12-10(2-1-3-11(12)14(15)16)8-17-7-6-9-4-5-9/h1-3,9H,4-8H2. The van der Waals surface area contributed by atoms with Crippen LogP contribution in [-0.2, 0) is 11.3 Å². The summed E-state index contributed by atoms with van der Waals surface area (Å²) < 4.78 is 18.9. The van der Waals surface area contributed by atoms with Gasteiger partial charge in [0.2, 0.25) is 5.82 Å². The Balaban J connectivity index is 1.90. The van der Waals surface area contributed by atoms with E-state index in [2.05, 4.69) is 0 Å². The summed E-state index contributed by atoms with van der Waals surface area (Å²) >= 11 is 0. The molecule has 1 aliphatic carbocycles. The Hall–Kier alpha value is -1.49. The Labute approximate surface area is 98.5 Å². The number of hydrogen-bond donors (Lipinski definition) is 0. The maximum absolute atomic E-state index is 13.6. The molecule has 17 heavy (non-hydrogen) atoms. The molecule has 0 spiro atoms. The Morgan fingerprint density at radius 1 is 1.47 bits per heavy atom. The van der Waals surface area contributed by atoms with E-state index >= 15 is 0 Å². The first-order valence-corrected chi connectivity index (χ1v) is 5.68. The van der Waals surface area contributed by atoms with Crippen molar-refractivity contribution in [2.75, 3.05) is 6.61 Å². The van der Waals surface area contributed by atoms with Crippen LogP contribution in [0.4, 0.5) is 10.1 Å². The van der Waals surface area contributed by atoms with Gasteiger partial charge in [0.1, 0.15) is 0 Å². The van der Waals surface area contributed by atoms with Gasteiger partial charge in [0.05, 0.1) is 11.5 Å². The van der Waals surface area contributed by atoms with Crippen molar-refractivity contribution < 1.29 is 14.1 Å². The Morgan fingerprint density at radius 3 is 2.88 bits per heavy atom. The largest absolute Gasteiger partial charge is 0.377 e. The highest BCUT2D eigenvalue weighted by Gasteiger charge is 2.21. The molecule has 0 heterocycles. The zero-order valence-corrected chi connectivity index (χ0v) is 9.39. The zero-order valence-electron chi connectivity index (χ0n) is 9.39. The molecule has 0 aliphatic heterocycles. The van der Waals surface area contributed by atoms with Crippen LogP contribution < -0.4 is 0 Å². The number of nitro groups is 1. The molecule has 0 saturated heterocycles. The van der Waals surface area contributed by atoms with Crippen molar-refractivity contribution >= 4 is 5.69 Å². The van der Waals surface area contributed by atoms with Crippen LogP contribution in [0, 0.1) is 21.8 Å². The Morgan fingerprint density at radius 2 is 2.24 bits per heavy atom. The van der Waals surface area contributed by atoms with Crippen LogP contribution in [-0.4, -0.2) is 11.5 Å². The molecule has 0 atom stereocenters. The maximum Gasteiger partial charge on any atom is 0.305 e. The van der Waals surface area contributed by atoms with Crippen LogP contribution >= 0.6 is 0 Å². The zero-order chi connectivity index (χ0) is 12.3. The SMILES string of the molecule is O=[N+]([O-])c1cccc(COCCC2CC2)c1F. The van der Waals surface area contributed by atoms with Gasteiger partial charge in [-0.2, -0.15) is 4.39 Å². The van der Waals surface area contributed by atoms with Gasteiger partial charge in [0.15, 0.2) is 0 Å². The lowest BCUT2D eigenvalue weighted by Crippen LogP contribution is -2.01. The third-order valence-electron chi connectivity index (χ3n) is 2.88. The molecule has 0 N–H and O–H groups in total. The smallest absolute Gasteiger partial charge is 0.305 e. The van der Waals surface area contributed by atoms with E-state index in [-0.39, 0.29) is 12.2 Å². The molecule has 1 aromatic rings. The van der Waals surface area contributed by atoms with Gasteiger partial charge in [-0.05, 0) is 12.3 Å². The minimum Gasteiger partial charge on any atom is -0.377 e. The van der Waals surface area contributed by atoms with Crippen LogP contribution in [0.1, 0.15) is 24.8 Å². The Kier molecular flexibility index (Phi) is 3.68. The summed E-state index contributed by atoms with van der Waals surface area (Å²) in [6.07, 6.45) is 3.51. The first kappa shape index (κ1) is 12.0. The minimum absolute atomic E-state index is 0.0975. The molecular weight excluding hydrogens is 225 g/mol. The number of nitro benzene ring substituents is 1. The van der Waals surface area contributed by atoms with Crippen LogP contribution in [0.15, 0.2) is 18.2 Å². The van der Waals surface area contributed by atoms with Gasteiger partial charge in [0.25, 0.3) is 0 Å². The minimum atomic E-state index is -0.788. The third-order valence-corrected chi connectivity index (χ3v) is 2.88. The quantitative estimate of drug-likeness (QED) is 0.435. The summed E-state index contributed by atoms with van der Waals surface area (Å²) in [5, 5.41) is 10.5. The lowest BCUT2D eigenvalue weighted by atomic mass is 10.2. The molecule has 5 heteroatoms.